The van der Waals surface area contributed by atoms with Crippen LogP contribution in [0.15, 0.2) is 15.9 Å². The minimum absolute atomic E-state index is 0.0793. The summed E-state index contributed by atoms with van der Waals surface area (Å²) in [5.74, 6) is 0.0793. The Morgan fingerprint density at radius 1 is 1.53 bits per heavy atom. The Labute approximate surface area is 103 Å². The molecular formula is C10H15BrN2OS. The van der Waals surface area contributed by atoms with E-state index in [2.05, 4.69) is 27.4 Å². The summed E-state index contributed by atoms with van der Waals surface area (Å²) in [6.07, 6.45) is 2.44. The second kappa shape index (κ2) is 6.25. The molecule has 0 fully saturated rings. The third-order valence-electron chi connectivity index (χ3n) is 1.80. The van der Waals surface area contributed by atoms with E-state index in [1.54, 1.807) is 16.3 Å². The number of nitrogens with one attached hydrogen (secondary N) is 1. The van der Waals surface area contributed by atoms with Crippen molar-refractivity contribution >= 4 is 33.2 Å². The van der Waals surface area contributed by atoms with Crippen LogP contribution in [0.25, 0.3) is 0 Å². The van der Waals surface area contributed by atoms with Crippen LogP contribution in [0.3, 0.4) is 0 Å². The molecule has 1 amide bonds. The lowest BCUT2D eigenvalue weighted by atomic mass is 10.2. The lowest BCUT2D eigenvalue weighted by molar-refractivity contribution is -0.124. The van der Waals surface area contributed by atoms with Crippen molar-refractivity contribution in [2.75, 3.05) is 14.1 Å². The molecule has 1 rings (SSSR count). The summed E-state index contributed by atoms with van der Waals surface area (Å²) in [5, 5.41) is 1.67. The van der Waals surface area contributed by atoms with Crippen LogP contribution in [-0.4, -0.2) is 25.0 Å². The van der Waals surface area contributed by atoms with Crippen LogP contribution >= 0.6 is 27.3 Å². The van der Waals surface area contributed by atoms with Gasteiger partial charge in [0.1, 0.15) is 0 Å². The lowest BCUT2D eigenvalue weighted by Gasteiger charge is -2.11. The molecule has 0 aromatic carbocycles. The molecule has 0 aliphatic carbocycles. The van der Waals surface area contributed by atoms with E-state index < -0.39 is 0 Å². The molecule has 3 nitrogen and oxygen atoms in total. The SMILES string of the molecule is CN(C)NC(=O)CCCc1ccc(Br)s1. The van der Waals surface area contributed by atoms with E-state index in [1.165, 1.54) is 4.88 Å². The van der Waals surface area contributed by atoms with Crippen LogP contribution in [0.1, 0.15) is 17.7 Å². The Kier molecular flexibility index (Phi) is 5.28. The van der Waals surface area contributed by atoms with Gasteiger partial charge in [-0.3, -0.25) is 10.2 Å². The van der Waals surface area contributed by atoms with Crippen LogP contribution in [0.2, 0.25) is 0 Å². The average Bonchev–Trinajstić information content (AvgIpc) is 2.50. The van der Waals surface area contributed by atoms with Crippen molar-refractivity contribution in [3.05, 3.63) is 20.8 Å². The standard InChI is InChI=1S/C10H15BrN2OS/c1-13(2)12-10(14)5-3-4-8-6-7-9(11)15-8/h6-7H,3-5H2,1-2H3,(H,12,14). The minimum atomic E-state index is 0.0793. The van der Waals surface area contributed by atoms with Gasteiger partial charge in [-0.1, -0.05) is 0 Å². The van der Waals surface area contributed by atoms with Crippen molar-refractivity contribution in [2.45, 2.75) is 19.3 Å². The van der Waals surface area contributed by atoms with Gasteiger partial charge in [0.05, 0.1) is 3.79 Å². The first-order valence-electron chi connectivity index (χ1n) is 4.79. The average molecular weight is 291 g/mol. The number of amides is 1. The van der Waals surface area contributed by atoms with Gasteiger partial charge in [0.15, 0.2) is 0 Å². The van der Waals surface area contributed by atoms with E-state index in [0.29, 0.717) is 6.42 Å². The number of hydrogen-bond donors (Lipinski definition) is 1. The van der Waals surface area contributed by atoms with E-state index in [4.69, 9.17) is 0 Å². The van der Waals surface area contributed by atoms with Gasteiger partial charge in [0.25, 0.3) is 0 Å². The van der Waals surface area contributed by atoms with E-state index in [1.807, 2.05) is 20.2 Å². The molecule has 84 valence electrons. The predicted molar refractivity (Wildman–Crippen MR) is 66.8 cm³/mol. The number of carbonyl (C=O) groups is 1. The van der Waals surface area contributed by atoms with Crippen molar-refractivity contribution in [1.29, 1.82) is 0 Å². The van der Waals surface area contributed by atoms with Crippen molar-refractivity contribution in [2.24, 2.45) is 0 Å². The summed E-state index contributed by atoms with van der Waals surface area (Å²) in [6.45, 7) is 0. The fraction of sp³-hybridized carbons (Fsp3) is 0.500. The number of thiophene rings is 1. The summed E-state index contributed by atoms with van der Waals surface area (Å²) in [4.78, 5) is 12.6. The van der Waals surface area contributed by atoms with Gasteiger partial charge in [-0.25, -0.2) is 5.01 Å². The van der Waals surface area contributed by atoms with Gasteiger partial charge in [-0.2, -0.15) is 0 Å². The Morgan fingerprint density at radius 3 is 2.80 bits per heavy atom. The highest BCUT2D eigenvalue weighted by Crippen LogP contribution is 2.23. The molecule has 0 saturated heterocycles. The molecule has 15 heavy (non-hydrogen) atoms. The highest BCUT2D eigenvalue weighted by Gasteiger charge is 2.03. The second-order valence-corrected chi connectivity index (χ2v) is 6.04. The van der Waals surface area contributed by atoms with Crippen molar-refractivity contribution in [1.82, 2.24) is 10.4 Å². The molecule has 0 saturated carbocycles. The molecular weight excluding hydrogens is 276 g/mol. The fourth-order valence-electron chi connectivity index (χ4n) is 1.21. The molecule has 0 aliphatic heterocycles. The quantitative estimate of drug-likeness (QED) is 0.845. The van der Waals surface area contributed by atoms with Crippen LogP contribution in [0.4, 0.5) is 0 Å². The zero-order valence-electron chi connectivity index (χ0n) is 8.92. The first kappa shape index (κ1) is 12.7. The normalized spacial score (nSPS) is 10.7. The van der Waals surface area contributed by atoms with Crippen LogP contribution < -0.4 is 5.43 Å². The van der Waals surface area contributed by atoms with Gasteiger partial charge in [-0.15, -0.1) is 11.3 Å². The molecule has 1 aromatic heterocycles. The van der Waals surface area contributed by atoms with Gasteiger partial charge in [0, 0.05) is 25.4 Å². The van der Waals surface area contributed by atoms with Crippen LogP contribution in [0, 0.1) is 0 Å². The molecule has 0 radical (unpaired) electrons. The molecule has 0 unspecified atom stereocenters. The summed E-state index contributed by atoms with van der Waals surface area (Å²) >= 11 is 5.15. The second-order valence-electron chi connectivity index (χ2n) is 3.49. The van der Waals surface area contributed by atoms with Crippen molar-refractivity contribution < 1.29 is 4.79 Å². The minimum Gasteiger partial charge on any atom is -0.289 e. The van der Waals surface area contributed by atoms with Gasteiger partial charge in [-0.05, 0) is 40.9 Å². The maximum absolute atomic E-state index is 11.3. The summed E-state index contributed by atoms with van der Waals surface area (Å²) in [5.41, 5.74) is 2.72. The molecule has 5 heteroatoms. The number of hydrazine groups is 1. The number of halogens is 1. The molecule has 1 heterocycles. The molecule has 1 N–H and O–H groups in total. The third-order valence-corrected chi connectivity index (χ3v) is 3.49. The number of carbonyl (C=O) groups excluding carboxylic acids is 1. The van der Waals surface area contributed by atoms with Gasteiger partial charge >= 0.3 is 0 Å². The molecule has 1 aromatic rings. The van der Waals surface area contributed by atoms with E-state index in [0.717, 1.165) is 16.6 Å². The van der Waals surface area contributed by atoms with Crippen LogP contribution in [-0.2, 0) is 11.2 Å². The zero-order chi connectivity index (χ0) is 11.3. The Morgan fingerprint density at radius 2 is 2.27 bits per heavy atom. The van der Waals surface area contributed by atoms with Crippen molar-refractivity contribution in [3.8, 4) is 0 Å². The van der Waals surface area contributed by atoms with E-state index in [-0.39, 0.29) is 5.91 Å². The summed E-state index contributed by atoms with van der Waals surface area (Å²) in [7, 11) is 3.63. The smallest absolute Gasteiger partial charge is 0.234 e. The zero-order valence-corrected chi connectivity index (χ0v) is 11.3. The van der Waals surface area contributed by atoms with Crippen molar-refractivity contribution in [3.63, 3.8) is 0 Å². The fourth-order valence-corrected chi connectivity index (χ4v) is 2.74. The monoisotopic (exact) mass is 290 g/mol. The summed E-state index contributed by atoms with van der Waals surface area (Å²) in [6, 6.07) is 4.14. The van der Waals surface area contributed by atoms with E-state index >= 15 is 0 Å². The highest BCUT2D eigenvalue weighted by molar-refractivity contribution is 9.11. The number of aryl methyl sites for hydroxylation is 1. The highest BCUT2D eigenvalue weighted by atomic mass is 79.9. The number of hydrogen-bond acceptors (Lipinski definition) is 3. The largest absolute Gasteiger partial charge is 0.289 e. The lowest BCUT2D eigenvalue weighted by Crippen LogP contribution is -2.35. The molecule has 0 aliphatic rings. The first-order chi connectivity index (χ1) is 7.08. The maximum Gasteiger partial charge on any atom is 0.234 e. The first-order valence-corrected chi connectivity index (χ1v) is 6.40. The molecule has 0 atom stereocenters. The predicted octanol–water partition coefficient (Wildman–Crippen LogP) is 2.43. The molecule has 0 spiro atoms. The Hall–Kier alpha value is -0.390. The molecule has 0 bridgehead atoms. The topological polar surface area (TPSA) is 32.3 Å². The van der Waals surface area contributed by atoms with Gasteiger partial charge < -0.3 is 0 Å². The number of nitrogens with zero attached hydrogens (tertiary/aromatic N) is 1. The maximum atomic E-state index is 11.3. The van der Waals surface area contributed by atoms with Gasteiger partial charge in [0.2, 0.25) is 5.91 Å². The van der Waals surface area contributed by atoms with E-state index in [9.17, 15) is 4.79 Å². The summed E-state index contributed by atoms with van der Waals surface area (Å²) < 4.78 is 1.15. The number of rotatable bonds is 5. The van der Waals surface area contributed by atoms with Crippen LogP contribution in [0.5, 0.6) is 0 Å². The third kappa shape index (κ3) is 5.30. The Balaban J connectivity index is 2.19. The Bertz CT molecular complexity index is 325.